The van der Waals surface area contributed by atoms with Crippen molar-refractivity contribution in [1.29, 1.82) is 0 Å². The van der Waals surface area contributed by atoms with Crippen molar-refractivity contribution in [3.05, 3.63) is 24.0 Å². The molecule has 12 heavy (non-hydrogen) atoms. The molecule has 0 saturated heterocycles. The average Bonchev–Trinajstić information content (AvgIpc) is 2.02. The van der Waals surface area contributed by atoms with E-state index in [9.17, 15) is 0 Å². The second-order valence-corrected chi connectivity index (χ2v) is 2.49. The van der Waals surface area contributed by atoms with Crippen LogP contribution in [0, 0.1) is 6.92 Å². The fourth-order valence-corrected chi connectivity index (χ4v) is 0.979. The molecule has 0 aliphatic rings. The lowest BCUT2D eigenvalue weighted by Crippen LogP contribution is -1.85. The number of aryl methyl sites for hydroxylation is 1. The van der Waals surface area contributed by atoms with Crippen molar-refractivity contribution in [2.75, 3.05) is 0 Å². The van der Waals surface area contributed by atoms with Crippen LogP contribution in [-0.2, 0) is 0 Å². The summed E-state index contributed by atoms with van der Waals surface area (Å²) in [6, 6.07) is 3.54. The highest BCUT2D eigenvalue weighted by Gasteiger charge is 2.15. The predicted molar refractivity (Wildman–Crippen MR) is 40.6 cm³/mol. The highest BCUT2D eigenvalue weighted by Crippen LogP contribution is 2.32. The van der Waals surface area contributed by atoms with Gasteiger partial charge in [-0.2, -0.15) is 0 Å². The number of rotatable bonds is 1. The van der Waals surface area contributed by atoms with Crippen molar-refractivity contribution in [3.8, 4) is 17.3 Å². The molecule has 0 spiro atoms. The van der Waals surface area contributed by atoms with Gasteiger partial charge in [-0.15, -0.1) is 0 Å². The number of hydrogen-bond acceptors (Lipinski definition) is 4. The molecule has 2 aromatic rings. The summed E-state index contributed by atoms with van der Waals surface area (Å²) in [7, 11) is 0. The van der Waals surface area contributed by atoms with Gasteiger partial charge in [0.2, 0.25) is 0 Å². The Balaban J connectivity index is 2.45. The molecule has 0 aromatic carbocycles. The Labute approximate surface area is 68.4 Å². The van der Waals surface area contributed by atoms with Crippen LogP contribution in [0.3, 0.4) is 0 Å². The zero-order valence-corrected chi connectivity index (χ0v) is 6.44. The summed E-state index contributed by atoms with van der Waals surface area (Å²) < 4.78 is 8.84. The monoisotopic (exact) mass is 165 g/mol. The van der Waals surface area contributed by atoms with Gasteiger partial charge >= 0.3 is 5.95 Å². The molecule has 4 nitrogen and oxygen atoms in total. The molecule has 0 unspecified atom stereocenters. The van der Waals surface area contributed by atoms with E-state index in [0.29, 0.717) is 5.76 Å². The van der Waals surface area contributed by atoms with E-state index in [2.05, 4.69) is 14.1 Å². The fourth-order valence-electron chi connectivity index (χ4n) is 0.979. The highest BCUT2D eigenvalue weighted by atomic mass is 17.0. The number of hydrogen-bond donors (Lipinski definition) is 1. The first-order chi connectivity index (χ1) is 5.77. The van der Waals surface area contributed by atoms with Gasteiger partial charge in [0.15, 0.2) is 0 Å². The van der Waals surface area contributed by atoms with Crippen LogP contribution in [0.4, 0.5) is 0 Å². The van der Waals surface area contributed by atoms with Crippen LogP contribution >= 0.6 is 0 Å². The van der Waals surface area contributed by atoms with E-state index in [0.717, 1.165) is 11.3 Å². The zero-order chi connectivity index (χ0) is 8.55. The largest absolute Gasteiger partial charge is 0.475 e. The average molecular weight is 165 g/mol. The van der Waals surface area contributed by atoms with Gasteiger partial charge < -0.3 is 5.11 Å². The van der Waals surface area contributed by atoms with Crippen molar-refractivity contribution in [3.63, 3.8) is 0 Å². The second-order valence-electron chi connectivity index (χ2n) is 2.49. The standard InChI is InChI=1S/C8H7NO3/c1-5-4-6(2-3-9-5)7-8(10)12-11-7/h2-4,10H,1H3. The van der Waals surface area contributed by atoms with Crippen LogP contribution in [0.1, 0.15) is 5.69 Å². The van der Waals surface area contributed by atoms with Crippen molar-refractivity contribution in [2.24, 2.45) is 0 Å². The summed E-state index contributed by atoms with van der Waals surface area (Å²) in [4.78, 5) is 4.01. The van der Waals surface area contributed by atoms with Gasteiger partial charge in [-0.25, -0.2) is 4.58 Å². The molecular weight excluding hydrogens is 158 g/mol. The van der Waals surface area contributed by atoms with E-state index in [1.165, 1.54) is 0 Å². The molecule has 1 N–H and O–H groups in total. The normalized spacial score (nSPS) is 10.4. The molecule has 0 radical (unpaired) electrons. The maximum Gasteiger partial charge on any atom is 0.377 e. The van der Waals surface area contributed by atoms with E-state index < -0.39 is 0 Å². The first-order valence-electron chi connectivity index (χ1n) is 3.48. The summed E-state index contributed by atoms with van der Waals surface area (Å²) in [6.45, 7) is 1.86. The summed E-state index contributed by atoms with van der Waals surface area (Å²) in [5.74, 6) is 0.182. The molecular formula is C8H7NO3. The van der Waals surface area contributed by atoms with Crippen molar-refractivity contribution < 1.29 is 14.3 Å². The van der Waals surface area contributed by atoms with Crippen LogP contribution in [0.5, 0.6) is 5.95 Å². The smallest absolute Gasteiger partial charge is 0.377 e. The minimum absolute atomic E-state index is 0.180. The Hall–Kier alpha value is -1.71. The summed E-state index contributed by atoms with van der Waals surface area (Å²) in [5.41, 5.74) is 1.63. The fraction of sp³-hybridized carbons (Fsp3) is 0.125. The van der Waals surface area contributed by atoms with Gasteiger partial charge in [0.25, 0.3) is 5.76 Å². The Morgan fingerprint density at radius 3 is 2.75 bits per heavy atom. The Kier molecular flexibility index (Phi) is 1.40. The first kappa shape index (κ1) is 6.97. The summed E-state index contributed by atoms with van der Waals surface area (Å²) in [6.07, 6.45) is 1.65. The third-order valence-corrected chi connectivity index (χ3v) is 1.56. The van der Waals surface area contributed by atoms with Crippen LogP contribution in [-0.4, -0.2) is 10.1 Å². The number of aromatic hydroxyl groups is 1. The van der Waals surface area contributed by atoms with Crippen molar-refractivity contribution in [1.82, 2.24) is 4.98 Å². The van der Waals surface area contributed by atoms with Crippen LogP contribution < -0.4 is 0 Å². The van der Waals surface area contributed by atoms with Gasteiger partial charge in [-0.3, -0.25) is 9.56 Å². The molecule has 2 aromatic heterocycles. The third-order valence-electron chi connectivity index (χ3n) is 1.56. The van der Waals surface area contributed by atoms with Crippen molar-refractivity contribution >= 4 is 0 Å². The third kappa shape index (κ3) is 0.972. The van der Waals surface area contributed by atoms with Gasteiger partial charge in [-0.1, -0.05) is 0 Å². The molecule has 2 heterocycles. The molecule has 0 fully saturated rings. The number of nitrogens with zero attached hydrogens (tertiary/aromatic N) is 1. The molecule has 0 amide bonds. The van der Waals surface area contributed by atoms with E-state index in [1.807, 2.05) is 6.92 Å². The van der Waals surface area contributed by atoms with E-state index >= 15 is 0 Å². The van der Waals surface area contributed by atoms with Gasteiger partial charge in [0.05, 0.1) is 0 Å². The predicted octanol–water partition coefficient (Wildman–Crippen LogP) is 1.95. The van der Waals surface area contributed by atoms with Crippen LogP contribution in [0.2, 0.25) is 0 Å². The van der Waals surface area contributed by atoms with Crippen LogP contribution in [0.25, 0.3) is 11.3 Å². The number of pyridine rings is 1. The molecule has 0 atom stereocenters. The SMILES string of the molecule is Cc1cc(-c2ooc2O)ccn1. The highest BCUT2D eigenvalue weighted by molar-refractivity contribution is 5.61. The minimum Gasteiger partial charge on any atom is -0.475 e. The topological polar surface area (TPSA) is 59.4 Å². The van der Waals surface area contributed by atoms with E-state index in [4.69, 9.17) is 5.11 Å². The maximum absolute atomic E-state index is 8.96. The molecule has 0 bridgehead atoms. The lowest BCUT2D eigenvalue weighted by molar-refractivity contribution is -0.0260. The second kappa shape index (κ2) is 2.41. The lowest BCUT2D eigenvalue weighted by atomic mass is 10.2. The van der Waals surface area contributed by atoms with Crippen LogP contribution in [0.15, 0.2) is 27.5 Å². The minimum atomic E-state index is -0.180. The number of aromatic nitrogens is 1. The molecule has 0 aliphatic carbocycles. The Bertz CT molecular complexity index is 388. The summed E-state index contributed by atoms with van der Waals surface area (Å²) >= 11 is 0. The van der Waals surface area contributed by atoms with Gasteiger partial charge in [-0.05, 0) is 19.1 Å². The first-order valence-corrected chi connectivity index (χ1v) is 3.48. The van der Waals surface area contributed by atoms with Gasteiger partial charge in [0, 0.05) is 17.5 Å². The van der Waals surface area contributed by atoms with Crippen molar-refractivity contribution in [2.45, 2.75) is 6.92 Å². The molecule has 62 valence electrons. The molecule has 0 saturated carbocycles. The van der Waals surface area contributed by atoms with Gasteiger partial charge in [0.1, 0.15) is 0 Å². The molecule has 4 heteroatoms. The molecule has 0 aliphatic heterocycles. The summed E-state index contributed by atoms with van der Waals surface area (Å²) in [5, 5.41) is 8.96. The van der Waals surface area contributed by atoms with E-state index in [-0.39, 0.29) is 5.95 Å². The zero-order valence-electron chi connectivity index (χ0n) is 6.44. The Morgan fingerprint density at radius 2 is 2.25 bits per heavy atom. The molecule has 2 rings (SSSR count). The maximum atomic E-state index is 8.96. The quantitative estimate of drug-likeness (QED) is 0.656. The lowest BCUT2D eigenvalue weighted by Gasteiger charge is -2.02. The van der Waals surface area contributed by atoms with E-state index in [1.54, 1.807) is 18.3 Å². The Morgan fingerprint density at radius 1 is 1.42 bits per heavy atom.